The van der Waals surface area contributed by atoms with Crippen molar-refractivity contribution in [1.29, 1.82) is 0 Å². The van der Waals surface area contributed by atoms with Gasteiger partial charge in [0.05, 0.1) is 19.2 Å². The molecule has 1 aromatic heterocycles. The van der Waals surface area contributed by atoms with E-state index in [0.29, 0.717) is 22.2 Å². The average molecular weight is 271 g/mol. The zero-order chi connectivity index (χ0) is 13.5. The smallest absolute Gasteiger partial charge is 0.311 e. The van der Waals surface area contributed by atoms with Crippen LogP contribution in [-0.4, -0.2) is 24.0 Å². The Labute approximate surface area is 110 Å². The molecule has 1 aromatic rings. The molecular weight excluding hydrogens is 254 g/mol. The Kier molecular flexibility index (Phi) is 5.57. The molecule has 0 aliphatic carbocycles. The number of anilines is 2. The van der Waals surface area contributed by atoms with Crippen LogP contribution in [0, 0.1) is 0 Å². The second-order valence-corrected chi connectivity index (χ2v) is 4.77. The van der Waals surface area contributed by atoms with Gasteiger partial charge in [-0.3, -0.25) is 9.59 Å². The summed E-state index contributed by atoms with van der Waals surface area (Å²) in [7, 11) is 1.30. The normalized spacial score (nSPS) is 10.1. The molecule has 18 heavy (non-hydrogen) atoms. The van der Waals surface area contributed by atoms with Gasteiger partial charge in [-0.15, -0.1) is 0 Å². The van der Waals surface area contributed by atoms with E-state index in [9.17, 15) is 9.59 Å². The zero-order valence-electron chi connectivity index (χ0n) is 10.5. The van der Waals surface area contributed by atoms with Crippen LogP contribution in [0.3, 0.4) is 0 Å². The van der Waals surface area contributed by atoms with Gasteiger partial charge < -0.3 is 15.8 Å². The molecule has 0 aliphatic heterocycles. The summed E-state index contributed by atoms with van der Waals surface area (Å²) in [6.07, 6.45) is 2.27. The van der Waals surface area contributed by atoms with Gasteiger partial charge in [0.1, 0.15) is 5.00 Å². The van der Waals surface area contributed by atoms with E-state index < -0.39 is 5.97 Å². The fourth-order valence-corrected chi connectivity index (χ4v) is 2.04. The van der Waals surface area contributed by atoms with Crippen LogP contribution in [0.5, 0.6) is 0 Å². The van der Waals surface area contributed by atoms with Crippen molar-refractivity contribution in [3.05, 3.63) is 5.69 Å². The second kappa shape index (κ2) is 6.95. The van der Waals surface area contributed by atoms with Crippen molar-refractivity contribution in [2.24, 2.45) is 0 Å². The topological polar surface area (TPSA) is 94.3 Å². The van der Waals surface area contributed by atoms with Gasteiger partial charge in [0.15, 0.2) is 5.13 Å². The number of nitrogens with two attached hydrogens (primary N) is 1. The highest BCUT2D eigenvalue weighted by atomic mass is 32.1. The maximum atomic E-state index is 11.5. The third-order valence-corrected chi connectivity index (χ3v) is 3.11. The summed E-state index contributed by atoms with van der Waals surface area (Å²) in [6.45, 7) is 2.02. The number of rotatable bonds is 6. The Bertz CT molecular complexity index is 431. The summed E-state index contributed by atoms with van der Waals surface area (Å²) in [5, 5.41) is 3.51. The first-order chi connectivity index (χ1) is 8.56. The van der Waals surface area contributed by atoms with Gasteiger partial charge in [0, 0.05) is 6.42 Å². The fraction of sp³-hybridized carbons (Fsp3) is 0.545. The number of thiazole rings is 1. The number of hydrogen-bond acceptors (Lipinski definition) is 6. The van der Waals surface area contributed by atoms with Crippen LogP contribution in [0.2, 0.25) is 0 Å². The molecule has 1 rings (SSSR count). The minimum absolute atomic E-state index is 0.0175. The first-order valence-electron chi connectivity index (χ1n) is 5.68. The molecule has 0 saturated carbocycles. The minimum Gasteiger partial charge on any atom is -0.469 e. The van der Waals surface area contributed by atoms with Crippen molar-refractivity contribution in [2.45, 2.75) is 32.6 Å². The lowest BCUT2D eigenvalue weighted by molar-refractivity contribution is -0.139. The molecule has 1 amide bonds. The summed E-state index contributed by atoms with van der Waals surface area (Å²) in [5.41, 5.74) is 6.16. The van der Waals surface area contributed by atoms with Gasteiger partial charge in [-0.25, -0.2) is 4.98 Å². The van der Waals surface area contributed by atoms with Crippen molar-refractivity contribution < 1.29 is 14.3 Å². The molecule has 0 fully saturated rings. The molecule has 0 spiro atoms. The van der Waals surface area contributed by atoms with Crippen LogP contribution in [0.25, 0.3) is 0 Å². The third-order valence-electron chi connectivity index (χ3n) is 2.27. The third kappa shape index (κ3) is 4.33. The van der Waals surface area contributed by atoms with E-state index in [1.54, 1.807) is 0 Å². The van der Waals surface area contributed by atoms with E-state index in [2.05, 4.69) is 15.0 Å². The highest BCUT2D eigenvalue weighted by Gasteiger charge is 2.14. The second-order valence-electron chi connectivity index (χ2n) is 3.73. The first-order valence-corrected chi connectivity index (χ1v) is 6.50. The lowest BCUT2D eigenvalue weighted by Gasteiger charge is -1.99. The summed E-state index contributed by atoms with van der Waals surface area (Å²) >= 11 is 1.16. The number of amides is 1. The Hall–Kier alpha value is -1.63. The van der Waals surface area contributed by atoms with Crippen LogP contribution >= 0.6 is 11.3 Å². The monoisotopic (exact) mass is 271 g/mol. The van der Waals surface area contributed by atoms with Crippen molar-refractivity contribution >= 4 is 33.3 Å². The molecule has 0 aliphatic rings. The highest BCUT2D eigenvalue weighted by Crippen LogP contribution is 2.26. The number of carbonyl (C=O) groups excluding carboxylic acids is 2. The Morgan fingerprint density at radius 3 is 2.83 bits per heavy atom. The maximum Gasteiger partial charge on any atom is 0.311 e. The molecule has 7 heteroatoms. The molecule has 0 atom stereocenters. The van der Waals surface area contributed by atoms with E-state index in [4.69, 9.17) is 5.73 Å². The van der Waals surface area contributed by atoms with E-state index in [1.807, 2.05) is 6.92 Å². The minimum atomic E-state index is -0.407. The Morgan fingerprint density at radius 2 is 2.22 bits per heavy atom. The summed E-state index contributed by atoms with van der Waals surface area (Å²) in [4.78, 5) is 26.7. The van der Waals surface area contributed by atoms with Gasteiger partial charge in [-0.2, -0.15) is 0 Å². The molecule has 0 unspecified atom stereocenters. The van der Waals surface area contributed by atoms with E-state index in [0.717, 1.165) is 24.2 Å². The molecular formula is C11H17N3O3S. The quantitative estimate of drug-likeness (QED) is 0.766. The molecule has 100 valence electrons. The van der Waals surface area contributed by atoms with Crippen LogP contribution in [-0.2, 0) is 20.7 Å². The number of aromatic nitrogens is 1. The molecule has 0 radical (unpaired) electrons. The Morgan fingerprint density at radius 1 is 1.50 bits per heavy atom. The summed E-state index contributed by atoms with van der Waals surface area (Å²) in [5.74, 6) is -0.494. The predicted octanol–water partition coefficient (Wildman–Crippen LogP) is 1.57. The van der Waals surface area contributed by atoms with Crippen LogP contribution in [0.1, 0.15) is 31.9 Å². The standard InChI is InChI=1S/C11H17N3O3S/c1-3-4-5-8(15)14-11-13-7(10(12)18-11)6-9(16)17-2/h3-6,12H2,1-2H3,(H,13,14,15). The van der Waals surface area contributed by atoms with E-state index >= 15 is 0 Å². The van der Waals surface area contributed by atoms with Crippen LogP contribution < -0.4 is 11.1 Å². The first kappa shape index (κ1) is 14.4. The SMILES string of the molecule is CCCCC(=O)Nc1nc(CC(=O)OC)c(N)s1. The Balaban J connectivity index is 2.60. The molecule has 6 nitrogen and oxygen atoms in total. The number of unbranched alkanes of at least 4 members (excludes halogenated alkanes) is 1. The lowest BCUT2D eigenvalue weighted by Crippen LogP contribution is -2.11. The molecule has 0 aromatic carbocycles. The predicted molar refractivity (Wildman–Crippen MR) is 70.4 cm³/mol. The van der Waals surface area contributed by atoms with Gasteiger partial charge in [0.25, 0.3) is 0 Å². The van der Waals surface area contributed by atoms with E-state index in [1.165, 1.54) is 7.11 Å². The average Bonchev–Trinajstić information content (AvgIpc) is 2.66. The zero-order valence-corrected chi connectivity index (χ0v) is 11.3. The number of carbonyl (C=O) groups is 2. The number of nitrogens with zero attached hydrogens (tertiary/aromatic N) is 1. The van der Waals surface area contributed by atoms with E-state index in [-0.39, 0.29) is 12.3 Å². The van der Waals surface area contributed by atoms with Crippen molar-refractivity contribution in [1.82, 2.24) is 4.98 Å². The number of ether oxygens (including phenoxy) is 1. The van der Waals surface area contributed by atoms with Crippen molar-refractivity contribution in [3.8, 4) is 0 Å². The van der Waals surface area contributed by atoms with Gasteiger partial charge in [0.2, 0.25) is 5.91 Å². The van der Waals surface area contributed by atoms with Crippen molar-refractivity contribution in [3.63, 3.8) is 0 Å². The van der Waals surface area contributed by atoms with Crippen LogP contribution in [0.15, 0.2) is 0 Å². The summed E-state index contributed by atoms with van der Waals surface area (Å²) in [6, 6.07) is 0. The van der Waals surface area contributed by atoms with Gasteiger partial charge >= 0.3 is 5.97 Å². The number of methoxy groups -OCH3 is 1. The maximum absolute atomic E-state index is 11.5. The number of nitrogens with one attached hydrogen (secondary N) is 1. The number of esters is 1. The van der Waals surface area contributed by atoms with Gasteiger partial charge in [-0.1, -0.05) is 24.7 Å². The van der Waals surface area contributed by atoms with Crippen LogP contribution in [0.4, 0.5) is 10.1 Å². The molecule has 3 N–H and O–H groups in total. The lowest BCUT2D eigenvalue weighted by atomic mass is 10.2. The van der Waals surface area contributed by atoms with Crippen molar-refractivity contribution in [2.75, 3.05) is 18.2 Å². The van der Waals surface area contributed by atoms with Gasteiger partial charge in [-0.05, 0) is 6.42 Å². The molecule has 0 saturated heterocycles. The molecule has 1 heterocycles. The largest absolute Gasteiger partial charge is 0.469 e. The fourth-order valence-electron chi connectivity index (χ4n) is 1.27. The number of hydrogen-bond donors (Lipinski definition) is 2. The number of nitrogen functional groups attached to an aromatic ring is 1. The summed E-state index contributed by atoms with van der Waals surface area (Å²) < 4.78 is 4.54. The molecule has 0 bridgehead atoms. The highest BCUT2D eigenvalue weighted by molar-refractivity contribution is 7.19.